The van der Waals surface area contributed by atoms with Crippen LogP contribution in [0.3, 0.4) is 0 Å². The van der Waals surface area contributed by atoms with Crippen LogP contribution in [0.4, 0.5) is 0 Å². The second-order valence-corrected chi connectivity index (χ2v) is 7.73. The molecule has 0 unspecified atom stereocenters. The number of fused-ring (bicyclic) bond motifs is 3. The molecule has 3 aromatic heterocycles. The van der Waals surface area contributed by atoms with Crippen LogP contribution in [-0.4, -0.2) is 9.97 Å². The molecule has 1 radical (unpaired) electrons. The summed E-state index contributed by atoms with van der Waals surface area (Å²) in [7, 11) is 0. The number of rotatable bonds is 2. The van der Waals surface area contributed by atoms with Gasteiger partial charge in [0.2, 0.25) is 0 Å². The fourth-order valence-corrected chi connectivity index (χ4v) is 3.69. The molecule has 0 N–H and O–H groups in total. The molecule has 171 valence electrons. The van der Waals surface area contributed by atoms with Crippen LogP contribution < -0.4 is 0 Å². The first-order valence-electron chi connectivity index (χ1n) is 10.8. The summed E-state index contributed by atoms with van der Waals surface area (Å²) in [4.78, 5) is 8.68. The third kappa shape index (κ3) is 5.20. The molecule has 0 fully saturated rings. The number of benzene rings is 3. The number of aromatic nitrogens is 2. The van der Waals surface area contributed by atoms with Crippen molar-refractivity contribution < 1.29 is 24.5 Å². The van der Waals surface area contributed by atoms with Crippen LogP contribution in [0.25, 0.3) is 44.5 Å². The van der Waals surface area contributed by atoms with Gasteiger partial charge in [0.15, 0.2) is 0 Å². The van der Waals surface area contributed by atoms with E-state index < -0.39 is 0 Å². The van der Waals surface area contributed by atoms with Gasteiger partial charge in [-0.15, -0.1) is 54.1 Å². The summed E-state index contributed by atoms with van der Waals surface area (Å²) in [5, 5.41) is 11.0. The van der Waals surface area contributed by atoms with Crippen LogP contribution in [0.15, 0.2) is 102 Å². The zero-order chi connectivity index (χ0) is 23.3. The Bertz CT molecular complexity index is 1600. The van der Waals surface area contributed by atoms with Gasteiger partial charge in [0.1, 0.15) is 5.58 Å². The van der Waals surface area contributed by atoms with E-state index in [0.29, 0.717) is 11.1 Å². The Kier molecular flexibility index (Phi) is 7.47. The molecule has 35 heavy (non-hydrogen) atoms. The van der Waals surface area contributed by atoms with E-state index in [0.717, 1.165) is 38.9 Å². The summed E-state index contributed by atoms with van der Waals surface area (Å²) < 4.78 is 5.96. The minimum Gasteiger partial charge on any atom is -0.501 e. The van der Waals surface area contributed by atoms with E-state index in [1.54, 1.807) is 18.3 Å². The van der Waals surface area contributed by atoms with Crippen LogP contribution in [0.5, 0.6) is 0 Å². The molecule has 0 saturated heterocycles. The Morgan fingerprint density at radius 1 is 0.829 bits per heavy atom. The van der Waals surface area contributed by atoms with E-state index in [-0.39, 0.29) is 20.1 Å². The van der Waals surface area contributed by atoms with Gasteiger partial charge in [-0.05, 0) is 42.1 Å². The van der Waals surface area contributed by atoms with Crippen molar-refractivity contribution in [2.45, 2.75) is 6.92 Å². The van der Waals surface area contributed by atoms with Crippen molar-refractivity contribution in [2.24, 2.45) is 0 Å². The molecule has 6 rings (SSSR count). The zero-order valence-corrected chi connectivity index (χ0v) is 21.2. The molecule has 3 aromatic carbocycles. The van der Waals surface area contributed by atoms with Gasteiger partial charge in [-0.1, -0.05) is 41.3 Å². The molecular weight excluding hydrogens is 611 g/mol. The maximum Gasteiger partial charge on any atom is 0.122 e. The smallest absolute Gasteiger partial charge is 0.122 e. The Hall–Kier alpha value is -4.10. The van der Waals surface area contributed by atoms with E-state index in [1.165, 1.54) is 5.56 Å². The first kappa shape index (κ1) is 24.0. The number of hydrogen-bond donors (Lipinski definition) is 0. The number of nitrogens with zero attached hydrogens (tertiary/aromatic N) is 3. The molecule has 6 aromatic rings. The van der Waals surface area contributed by atoms with Gasteiger partial charge in [-0.3, -0.25) is 0 Å². The molecule has 0 atom stereocenters. The average Bonchev–Trinajstić information content (AvgIpc) is 3.28. The predicted molar refractivity (Wildman–Crippen MR) is 134 cm³/mol. The first-order chi connectivity index (χ1) is 16.7. The molecule has 0 saturated carbocycles. The van der Waals surface area contributed by atoms with Gasteiger partial charge in [0, 0.05) is 37.9 Å². The maximum absolute atomic E-state index is 9.00. The van der Waals surface area contributed by atoms with Crippen LogP contribution in [0.1, 0.15) is 11.1 Å². The molecule has 0 aliphatic carbocycles. The minimum absolute atomic E-state index is 0. The molecular formula is C30H19IrN3O-2. The molecule has 0 amide bonds. The topological polar surface area (TPSA) is 62.7 Å². The fraction of sp³-hybridized carbons (Fsp3) is 0.0333. The summed E-state index contributed by atoms with van der Waals surface area (Å²) in [5.74, 6) is 0. The average molecular weight is 630 g/mol. The van der Waals surface area contributed by atoms with Gasteiger partial charge in [-0.2, -0.15) is 5.26 Å². The van der Waals surface area contributed by atoms with Gasteiger partial charge >= 0.3 is 0 Å². The SMILES string of the molecule is Cc1ccc(-c2[c-]cccc2)nc1.N#Cc1ccc2c(c1)oc1c(-c3ccccn3)[c-]ccc12.[Ir]. The standard InChI is InChI=1S/C18H9N2O.C12H10N.Ir/c19-11-12-7-8-13-14-4-3-5-15(16-6-1-2-9-20-16)18(14)21-17(13)10-12;1-10-7-8-12(13-9-10)11-5-3-2-4-6-11;/h1-4,6-10H;2-5,7-9H,1H3;/q2*-1;. The molecule has 0 aliphatic rings. The van der Waals surface area contributed by atoms with Gasteiger partial charge in [0.25, 0.3) is 0 Å². The van der Waals surface area contributed by atoms with Crippen molar-refractivity contribution in [3.63, 3.8) is 0 Å². The molecule has 0 bridgehead atoms. The van der Waals surface area contributed by atoms with Crippen molar-refractivity contribution in [1.29, 1.82) is 5.26 Å². The molecule has 3 heterocycles. The first-order valence-corrected chi connectivity index (χ1v) is 10.8. The number of hydrogen-bond acceptors (Lipinski definition) is 4. The van der Waals surface area contributed by atoms with E-state index in [2.05, 4.69) is 34.2 Å². The summed E-state index contributed by atoms with van der Waals surface area (Å²) in [6.07, 6.45) is 3.62. The van der Waals surface area contributed by atoms with E-state index in [1.807, 2.05) is 79.9 Å². The molecule has 0 spiro atoms. The zero-order valence-electron chi connectivity index (χ0n) is 18.8. The Labute approximate surface area is 217 Å². The molecule has 5 heteroatoms. The summed E-state index contributed by atoms with van der Waals surface area (Å²) in [6.45, 7) is 2.03. The van der Waals surface area contributed by atoms with Crippen LogP contribution in [0, 0.1) is 30.4 Å². The number of pyridine rings is 2. The van der Waals surface area contributed by atoms with Crippen molar-refractivity contribution in [2.75, 3.05) is 0 Å². The number of aryl methyl sites for hydroxylation is 1. The van der Waals surface area contributed by atoms with Crippen molar-refractivity contribution in [1.82, 2.24) is 9.97 Å². The summed E-state index contributed by atoms with van der Waals surface area (Å²) in [5.41, 5.74) is 6.91. The van der Waals surface area contributed by atoms with Gasteiger partial charge < -0.3 is 14.4 Å². The Morgan fingerprint density at radius 3 is 2.43 bits per heavy atom. The second kappa shape index (κ2) is 10.9. The van der Waals surface area contributed by atoms with E-state index in [4.69, 9.17) is 9.68 Å². The monoisotopic (exact) mass is 630 g/mol. The third-order valence-electron chi connectivity index (χ3n) is 5.38. The van der Waals surface area contributed by atoms with Gasteiger partial charge in [-0.25, -0.2) is 0 Å². The Morgan fingerprint density at radius 2 is 1.71 bits per heavy atom. The number of furan rings is 1. The largest absolute Gasteiger partial charge is 0.501 e. The normalized spacial score (nSPS) is 10.2. The van der Waals surface area contributed by atoms with Crippen molar-refractivity contribution >= 4 is 21.9 Å². The van der Waals surface area contributed by atoms with Crippen LogP contribution in [0.2, 0.25) is 0 Å². The minimum atomic E-state index is 0. The summed E-state index contributed by atoms with van der Waals surface area (Å²) in [6, 6.07) is 35.5. The van der Waals surface area contributed by atoms with Crippen LogP contribution in [-0.2, 0) is 20.1 Å². The molecule has 4 nitrogen and oxygen atoms in total. The van der Waals surface area contributed by atoms with Crippen molar-refractivity contribution in [3.8, 4) is 28.6 Å². The number of nitriles is 1. The summed E-state index contributed by atoms with van der Waals surface area (Å²) >= 11 is 0. The van der Waals surface area contributed by atoms with Gasteiger partial charge in [0.05, 0.1) is 17.2 Å². The Balaban J connectivity index is 0.000000179. The van der Waals surface area contributed by atoms with E-state index >= 15 is 0 Å². The predicted octanol–water partition coefficient (Wildman–Crippen LogP) is 7.17. The molecule has 0 aliphatic heterocycles. The van der Waals surface area contributed by atoms with E-state index in [9.17, 15) is 0 Å². The third-order valence-corrected chi connectivity index (χ3v) is 5.38. The fourth-order valence-electron chi connectivity index (χ4n) is 3.69. The van der Waals surface area contributed by atoms with Crippen LogP contribution >= 0.6 is 0 Å². The quantitative estimate of drug-likeness (QED) is 0.191. The van der Waals surface area contributed by atoms with Crippen molar-refractivity contribution in [3.05, 3.63) is 121 Å². The second-order valence-electron chi connectivity index (χ2n) is 7.73. The maximum atomic E-state index is 9.00.